The highest BCUT2D eigenvalue weighted by Crippen LogP contribution is 2.04. The molecule has 2 rings (SSSR count). The average molecular weight is 248 g/mol. The van der Waals surface area contributed by atoms with Crippen molar-refractivity contribution in [2.24, 2.45) is 7.05 Å². The lowest BCUT2D eigenvalue weighted by Gasteiger charge is -2.09. The normalized spacial score (nSPS) is 11.3. The van der Waals surface area contributed by atoms with E-state index in [1.54, 1.807) is 6.33 Å². The van der Waals surface area contributed by atoms with E-state index in [2.05, 4.69) is 34.3 Å². The summed E-state index contributed by atoms with van der Waals surface area (Å²) >= 11 is 0. The zero-order chi connectivity index (χ0) is 13.0. The van der Waals surface area contributed by atoms with Crippen LogP contribution in [0.25, 0.3) is 0 Å². The molecular weight excluding hydrogens is 228 g/mol. The van der Waals surface area contributed by atoms with Crippen molar-refractivity contribution in [1.29, 1.82) is 0 Å². The van der Waals surface area contributed by atoms with E-state index in [4.69, 9.17) is 0 Å². The summed E-state index contributed by atoms with van der Waals surface area (Å²) in [5.74, 6) is 0.983. The molecule has 0 aliphatic heterocycles. The molecule has 2 aromatic rings. The number of nitrogens with zero attached hydrogens (tertiary/aromatic N) is 5. The van der Waals surface area contributed by atoms with Crippen molar-refractivity contribution in [3.8, 4) is 0 Å². The van der Waals surface area contributed by atoms with Gasteiger partial charge in [0, 0.05) is 19.3 Å². The number of nitrogens with one attached hydrogen (secondary N) is 1. The average Bonchev–Trinajstić information content (AvgIpc) is 2.93. The van der Waals surface area contributed by atoms with Crippen LogP contribution in [-0.4, -0.2) is 31.1 Å². The zero-order valence-electron chi connectivity index (χ0n) is 11.2. The van der Waals surface area contributed by atoms with Gasteiger partial charge < -0.3 is 5.32 Å². The topological polar surface area (TPSA) is 60.6 Å². The number of hydrogen-bond acceptors (Lipinski definition) is 4. The van der Waals surface area contributed by atoms with Crippen LogP contribution in [0.5, 0.6) is 0 Å². The molecule has 0 aliphatic rings. The molecule has 0 aromatic carbocycles. The van der Waals surface area contributed by atoms with E-state index in [-0.39, 0.29) is 0 Å². The van der Waals surface area contributed by atoms with Crippen LogP contribution < -0.4 is 5.32 Å². The Morgan fingerprint density at radius 1 is 1.33 bits per heavy atom. The van der Waals surface area contributed by atoms with Gasteiger partial charge in [0.2, 0.25) is 0 Å². The van der Waals surface area contributed by atoms with Crippen LogP contribution in [0.4, 0.5) is 0 Å². The molecule has 1 N–H and O–H groups in total. The van der Waals surface area contributed by atoms with Gasteiger partial charge in [-0.25, -0.2) is 9.67 Å². The van der Waals surface area contributed by atoms with Crippen LogP contribution in [0, 0.1) is 0 Å². The second-order valence-corrected chi connectivity index (χ2v) is 4.66. The minimum Gasteiger partial charge on any atom is -0.310 e. The maximum atomic E-state index is 4.26. The largest absolute Gasteiger partial charge is 0.310 e. The Morgan fingerprint density at radius 2 is 2.17 bits per heavy atom. The van der Waals surface area contributed by atoms with Gasteiger partial charge >= 0.3 is 0 Å². The Balaban J connectivity index is 1.77. The lowest BCUT2D eigenvalue weighted by Crippen LogP contribution is -2.20. The first-order valence-electron chi connectivity index (χ1n) is 6.23. The van der Waals surface area contributed by atoms with Crippen LogP contribution in [0.1, 0.15) is 31.3 Å². The second kappa shape index (κ2) is 5.77. The van der Waals surface area contributed by atoms with Crippen LogP contribution in [-0.2, 0) is 20.0 Å². The summed E-state index contributed by atoms with van der Waals surface area (Å²) in [5.41, 5.74) is 1.25. The molecule has 0 aliphatic carbocycles. The molecule has 0 unspecified atom stereocenters. The van der Waals surface area contributed by atoms with Crippen LogP contribution in [0.2, 0.25) is 0 Å². The number of aromatic nitrogens is 5. The summed E-state index contributed by atoms with van der Waals surface area (Å²) in [6.07, 6.45) is 6.53. The highest BCUT2D eigenvalue weighted by molar-refractivity contribution is 5.03. The summed E-state index contributed by atoms with van der Waals surface area (Å²) in [6, 6.07) is 0.350. The molecule has 0 amide bonds. The van der Waals surface area contributed by atoms with Gasteiger partial charge in [-0.15, -0.1) is 0 Å². The molecule has 6 heteroatoms. The van der Waals surface area contributed by atoms with Gasteiger partial charge in [-0.1, -0.05) is 0 Å². The highest BCUT2D eigenvalue weighted by atomic mass is 15.4. The molecule has 2 aromatic heterocycles. The molecule has 2 heterocycles. The number of hydrogen-bond donors (Lipinski definition) is 1. The third kappa shape index (κ3) is 3.16. The smallest absolute Gasteiger partial charge is 0.141 e. The zero-order valence-corrected chi connectivity index (χ0v) is 11.2. The molecule has 0 bridgehead atoms. The maximum absolute atomic E-state index is 4.26. The SMILES string of the molecule is CC(C)n1ncnc1CNCCc1cnn(C)c1. The van der Waals surface area contributed by atoms with Crippen molar-refractivity contribution in [1.82, 2.24) is 29.9 Å². The Morgan fingerprint density at radius 3 is 2.83 bits per heavy atom. The van der Waals surface area contributed by atoms with E-state index in [1.165, 1.54) is 5.56 Å². The summed E-state index contributed by atoms with van der Waals surface area (Å²) in [4.78, 5) is 4.26. The predicted octanol–water partition coefficient (Wildman–Crippen LogP) is 0.925. The molecule has 0 fully saturated rings. The summed E-state index contributed by atoms with van der Waals surface area (Å²) < 4.78 is 3.77. The lowest BCUT2D eigenvalue weighted by atomic mass is 10.2. The molecule has 0 saturated carbocycles. The molecule has 0 saturated heterocycles. The third-order valence-corrected chi connectivity index (χ3v) is 2.77. The molecule has 18 heavy (non-hydrogen) atoms. The minimum absolute atomic E-state index is 0.350. The quantitative estimate of drug-likeness (QED) is 0.772. The second-order valence-electron chi connectivity index (χ2n) is 4.66. The monoisotopic (exact) mass is 248 g/mol. The lowest BCUT2D eigenvalue weighted by molar-refractivity contribution is 0.490. The molecular formula is C12H20N6. The Kier molecular flexibility index (Phi) is 4.09. The van der Waals surface area contributed by atoms with E-state index in [0.29, 0.717) is 6.04 Å². The van der Waals surface area contributed by atoms with Crippen molar-refractivity contribution in [3.63, 3.8) is 0 Å². The standard InChI is InChI=1S/C12H20N6/c1-10(2)18-12(14-9-16-18)7-13-5-4-11-6-15-17(3)8-11/h6,8-10,13H,4-5,7H2,1-3H3. The highest BCUT2D eigenvalue weighted by Gasteiger charge is 2.06. The molecule has 0 radical (unpaired) electrons. The molecule has 98 valence electrons. The first-order chi connectivity index (χ1) is 8.66. The van der Waals surface area contributed by atoms with Gasteiger partial charge in [0.25, 0.3) is 0 Å². The van der Waals surface area contributed by atoms with Crippen LogP contribution >= 0.6 is 0 Å². The van der Waals surface area contributed by atoms with Gasteiger partial charge in [0.1, 0.15) is 12.2 Å². The van der Waals surface area contributed by atoms with Gasteiger partial charge in [-0.05, 0) is 32.4 Å². The van der Waals surface area contributed by atoms with Crippen molar-refractivity contribution < 1.29 is 0 Å². The Labute approximate surface area is 107 Å². The van der Waals surface area contributed by atoms with Crippen molar-refractivity contribution in [2.75, 3.05) is 6.54 Å². The van der Waals surface area contributed by atoms with E-state index >= 15 is 0 Å². The molecule has 0 spiro atoms. The predicted molar refractivity (Wildman–Crippen MR) is 69.0 cm³/mol. The Hall–Kier alpha value is -1.69. The molecule has 6 nitrogen and oxygen atoms in total. The van der Waals surface area contributed by atoms with Crippen LogP contribution in [0.3, 0.4) is 0 Å². The Bertz CT molecular complexity index is 484. The summed E-state index contributed by atoms with van der Waals surface area (Å²) in [7, 11) is 1.93. The number of aryl methyl sites for hydroxylation is 1. The van der Waals surface area contributed by atoms with E-state index in [9.17, 15) is 0 Å². The van der Waals surface area contributed by atoms with E-state index < -0.39 is 0 Å². The first kappa shape index (κ1) is 12.8. The summed E-state index contributed by atoms with van der Waals surface area (Å²) in [5, 5.41) is 11.7. The van der Waals surface area contributed by atoms with Crippen molar-refractivity contribution >= 4 is 0 Å². The van der Waals surface area contributed by atoms with Gasteiger partial charge in [0.05, 0.1) is 12.7 Å². The van der Waals surface area contributed by atoms with E-state index in [0.717, 1.165) is 25.3 Å². The van der Waals surface area contributed by atoms with Crippen LogP contribution in [0.15, 0.2) is 18.7 Å². The maximum Gasteiger partial charge on any atom is 0.141 e. The van der Waals surface area contributed by atoms with Gasteiger partial charge in [-0.3, -0.25) is 4.68 Å². The third-order valence-electron chi connectivity index (χ3n) is 2.77. The van der Waals surface area contributed by atoms with Crippen molar-refractivity contribution in [3.05, 3.63) is 30.1 Å². The number of rotatable bonds is 6. The van der Waals surface area contributed by atoms with Gasteiger partial charge in [-0.2, -0.15) is 10.2 Å². The molecule has 0 atom stereocenters. The van der Waals surface area contributed by atoms with Gasteiger partial charge in [0.15, 0.2) is 0 Å². The van der Waals surface area contributed by atoms with E-state index in [1.807, 2.05) is 28.8 Å². The fraction of sp³-hybridized carbons (Fsp3) is 0.583. The first-order valence-corrected chi connectivity index (χ1v) is 6.23. The van der Waals surface area contributed by atoms with Crippen molar-refractivity contribution in [2.45, 2.75) is 32.9 Å². The summed E-state index contributed by atoms with van der Waals surface area (Å²) in [6.45, 7) is 5.87. The fourth-order valence-corrected chi connectivity index (χ4v) is 1.87. The minimum atomic E-state index is 0.350. The fourth-order valence-electron chi connectivity index (χ4n) is 1.87.